The third-order valence-corrected chi connectivity index (χ3v) is 6.14. The number of hydrogen-bond acceptors (Lipinski definition) is 5. The number of likely N-dealkylation sites (N-methyl/N-ethyl adjacent to an activating group) is 1. The van der Waals surface area contributed by atoms with Crippen molar-refractivity contribution in [3.05, 3.63) is 90.1 Å². The van der Waals surface area contributed by atoms with E-state index < -0.39 is 0 Å². The fourth-order valence-electron chi connectivity index (χ4n) is 4.26. The average Bonchev–Trinajstić information content (AvgIpc) is 2.88. The Balaban J connectivity index is 1.42. The Bertz CT molecular complexity index is 1270. The molecule has 1 saturated heterocycles. The number of pyridine rings is 2. The molecule has 33 heavy (non-hydrogen) atoms. The van der Waals surface area contributed by atoms with Gasteiger partial charge < -0.3 is 15.1 Å². The Labute approximate surface area is 193 Å². The molecular formula is C27H27N5O. The molecule has 0 saturated carbocycles. The number of carbonyl (C=O) groups excluding carboxylic acids is 1. The van der Waals surface area contributed by atoms with Crippen LogP contribution in [-0.2, 0) is 6.54 Å². The van der Waals surface area contributed by atoms with Crippen molar-refractivity contribution < 1.29 is 4.79 Å². The van der Waals surface area contributed by atoms with E-state index >= 15 is 0 Å². The van der Waals surface area contributed by atoms with E-state index in [2.05, 4.69) is 27.1 Å². The van der Waals surface area contributed by atoms with Gasteiger partial charge in [0.2, 0.25) is 0 Å². The van der Waals surface area contributed by atoms with Crippen LogP contribution >= 0.6 is 0 Å². The van der Waals surface area contributed by atoms with Crippen LogP contribution in [0.5, 0.6) is 0 Å². The van der Waals surface area contributed by atoms with E-state index in [1.54, 1.807) is 0 Å². The Morgan fingerprint density at radius 2 is 1.70 bits per heavy atom. The lowest BCUT2D eigenvalue weighted by atomic mass is 10.0. The molecule has 0 bridgehead atoms. The van der Waals surface area contributed by atoms with Crippen LogP contribution in [0.25, 0.3) is 22.2 Å². The lowest BCUT2D eigenvalue weighted by Gasteiger charge is -2.34. The largest absolute Gasteiger partial charge is 0.354 e. The Morgan fingerprint density at radius 3 is 2.52 bits per heavy atom. The smallest absolute Gasteiger partial charge is 0.252 e. The second-order valence-corrected chi connectivity index (χ2v) is 8.40. The van der Waals surface area contributed by atoms with Crippen LogP contribution in [0.15, 0.2) is 79.0 Å². The molecule has 0 radical (unpaired) electrons. The minimum Gasteiger partial charge on any atom is -0.354 e. The maximum absolute atomic E-state index is 13.4. The standard InChI is InChI=1S/C27H27N5O/c1-31-14-16-32(17-15-31)26-21(10-7-13-28-26)19-29-27(33)23-18-25(20-8-3-2-4-9-20)30-24-12-6-5-11-22(23)24/h2-13,18H,14-17,19H2,1H3,(H,29,33). The summed E-state index contributed by atoms with van der Waals surface area (Å²) in [6.45, 7) is 4.31. The van der Waals surface area contributed by atoms with Gasteiger partial charge in [-0.1, -0.05) is 54.6 Å². The molecule has 0 unspecified atom stereocenters. The number of carbonyl (C=O) groups is 1. The van der Waals surface area contributed by atoms with E-state index in [0.29, 0.717) is 12.1 Å². The van der Waals surface area contributed by atoms with E-state index in [4.69, 9.17) is 4.98 Å². The summed E-state index contributed by atoms with van der Waals surface area (Å²) >= 11 is 0. The number of nitrogens with zero attached hydrogens (tertiary/aromatic N) is 4. The Hall–Kier alpha value is -3.77. The highest BCUT2D eigenvalue weighted by Crippen LogP contribution is 2.25. The maximum atomic E-state index is 13.4. The minimum absolute atomic E-state index is 0.112. The molecule has 3 heterocycles. The number of anilines is 1. The summed E-state index contributed by atoms with van der Waals surface area (Å²) in [6, 6.07) is 23.6. The molecule has 166 valence electrons. The van der Waals surface area contributed by atoms with Gasteiger partial charge in [-0.3, -0.25) is 4.79 Å². The van der Waals surface area contributed by atoms with Gasteiger partial charge in [0.1, 0.15) is 5.82 Å². The second kappa shape index (κ2) is 9.38. The predicted octanol–water partition coefficient (Wildman–Crippen LogP) is 3.98. The van der Waals surface area contributed by atoms with E-state index in [-0.39, 0.29) is 5.91 Å². The number of aromatic nitrogens is 2. The van der Waals surface area contributed by atoms with Crippen LogP contribution in [0.4, 0.5) is 5.82 Å². The van der Waals surface area contributed by atoms with Crippen molar-refractivity contribution in [2.75, 3.05) is 38.1 Å². The molecule has 2 aromatic carbocycles. The van der Waals surface area contributed by atoms with Crippen LogP contribution in [0, 0.1) is 0 Å². The van der Waals surface area contributed by atoms with Gasteiger partial charge in [-0.25, -0.2) is 9.97 Å². The molecule has 1 amide bonds. The van der Waals surface area contributed by atoms with Crippen LogP contribution < -0.4 is 10.2 Å². The summed E-state index contributed by atoms with van der Waals surface area (Å²) in [5, 5.41) is 3.98. The fraction of sp³-hybridized carbons (Fsp3) is 0.222. The number of hydrogen-bond donors (Lipinski definition) is 1. The molecule has 2 aromatic heterocycles. The summed E-state index contributed by atoms with van der Waals surface area (Å²) in [5.74, 6) is 0.842. The highest BCUT2D eigenvalue weighted by molar-refractivity contribution is 6.07. The zero-order valence-corrected chi connectivity index (χ0v) is 18.7. The molecule has 5 rings (SSSR count). The van der Waals surface area contributed by atoms with Gasteiger partial charge in [0.25, 0.3) is 5.91 Å². The first-order chi connectivity index (χ1) is 16.2. The third kappa shape index (κ3) is 4.56. The fourth-order valence-corrected chi connectivity index (χ4v) is 4.26. The number of piperazine rings is 1. The molecule has 1 aliphatic heterocycles. The van der Waals surface area contributed by atoms with Crippen LogP contribution in [0.3, 0.4) is 0 Å². The number of benzene rings is 2. The minimum atomic E-state index is -0.112. The second-order valence-electron chi connectivity index (χ2n) is 8.40. The molecule has 6 heteroatoms. The van der Waals surface area contributed by atoms with Gasteiger partial charge in [0.05, 0.1) is 16.8 Å². The third-order valence-electron chi connectivity index (χ3n) is 6.14. The number of fused-ring (bicyclic) bond motifs is 1. The summed E-state index contributed by atoms with van der Waals surface area (Å²) in [6.07, 6.45) is 1.82. The van der Waals surface area contributed by atoms with Crippen molar-refractivity contribution in [3.8, 4) is 11.3 Å². The number of amides is 1. The van der Waals surface area contributed by atoms with Crippen LogP contribution in [0.1, 0.15) is 15.9 Å². The molecule has 0 atom stereocenters. The first kappa shape index (κ1) is 21.1. The van der Waals surface area contributed by atoms with Crippen molar-refractivity contribution >= 4 is 22.6 Å². The van der Waals surface area contributed by atoms with Gasteiger partial charge in [0, 0.05) is 55.4 Å². The van der Waals surface area contributed by atoms with Gasteiger partial charge in [-0.2, -0.15) is 0 Å². The quantitative estimate of drug-likeness (QED) is 0.512. The SMILES string of the molecule is CN1CCN(c2ncccc2CNC(=O)c2cc(-c3ccccc3)nc3ccccc23)CC1. The van der Waals surface area contributed by atoms with E-state index in [1.165, 1.54) is 0 Å². The topological polar surface area (TPSA) is 61.4 Å². The van der Waals surface area contributed by atoms with Crippen molar-refractivity contribution in [2.24, 2.45) is 0 Å². The van der Waals surface area contributed by atoms with Crippen molar-refractivity contribution in [3.63, 3.8) is 0 Å². The van der Waals surface area contributed by atoms with Gasteiger partial charge in [-0.05, 0) is 25.2 Å². The molecule has 6 nitrogen and oxygen atoms in total. The lowest BCUT2D eigenvalue weighted by molar-refractivity contribution is 0.0952. The molecule has 4 aromatic rings. The van der Waals surface area contributed by atoms with Crippen LogP contribution in [-0.4, -0.2) is 54.0 Å². The van der Waals surface area contributed by atoms with E-state index in [0.717, 1.165) is 59.7 Å². The number of nitrogens with one attached hydrogen (secondary N) is 1. The molecule has 0 spiro atoms. The zero-order chi connectivity index (χ0) is 22.6. The first-order valence-corrected chi connectivity index (χ1v) is 11.3. The van der Waals surface area contributed by atoms with Crippen LogP contribution in [0.2, 0.25) is 0 Å². The average molecular weight is 438 g/mol. The molecule has 1 fully saturated rings. The summed E-state index contributed by atoms with van der Waals surface area (Å²) < 4.78 is 0. The highest BCUT2D eigenvalue weighted by atomic mass is 16.1. The van der Waals surface area contributed by atoms with Crippen molar-refractivity contribution in [2.45, 2.75) is 6.54 Å². The number of para-hydroxylation sites is 1. The normalized spacial score (nSPS) is 14.4. The summed E-state index contributed by atoms with van der Waals surface area (Å²) in [4.78, 5) is 27.4. The Kier molecular flexibility index (Phi) is 6.00. The summed E-state index contributed by atoms with van der Waals surface area (Å²) in [5.41, 5.74) is 4.24. The maximum Gasteiger partial charge on any atom is 0.252 e. The van der Waals surface area contributed by atoms with Gasteiger partial charge in [-0.15, -0.1) is 0 Å². The van der Waals surface area contributed by atoms with Gasteiger partial charge >= 0.3 is 0 Å². The zero-order valence-electron chi connectivity index (χ0n) is 18.7. The van der Waals surface area contributed by atoms with Gasteiger partial charge in [0.15, 0.2) is 0 Å². The first-order valence-electron chi connectivity index (χ1n) is 11.3. The Morgan fingerprint density at radius 1 is 0.939 bits per heavy atom. The molecule has 0 aliphatic carbocycles. The summed E-state index contributed by atoms with van der Waals surface area (Å²) in [7, 11) is 2.14. The highest BCUT2D eigenvalue weighted by Gasteiger charge is 2.19. The molecule has 1 aliphatic rings. The van der Waals surface area contributed by atoms with E-state index in [1.807, 2.05) is 79.0 Å². The van der Waals surface area contributed by atoms with Crippen molar-refractivity contribution in [1.82, 2.24) is 20.2 Å². The molecular weight excluding hydrogens is 410 g/mol. The van der Waals surface area contributed by atoms with Crippen molar-refractivity contribution in [1.29, 1.82) is 0 Å². The molecule has 1 N–H and O–H groups in total. The predicted molar refractivity (Wildman–Crippen MR) is 132 cm³/mol. The monoisotopic (exact) mass is 437 g/mol. The lowest BCUT2D eigenvalue weighted by Crippen LogP contribution is -2.45. The number of rotatable bonds is 5. The van der Waals surface area contributed by atoms with E-state index in [9.17, 15) is 4.79 Å².